The summed E-state index contributed by atoms with van der Waals surface area (Å²) in [6.07, 6.45) is 14.5. The van der Waals surface area contributed by atoms with Gasteiger partial charge in [0.2, 0.25) is 0 Å². The second-order valence-corrected chi connectivity index (χ2v) is 5.55. The lowest BCUT2D eigenvalue weighted by Crippen LogP contribution is -2.22. The fourth-order valence-electron chi connectivity index (χ4n) is 3.54. The van der Waals surface area contributed by atoms with Crippen LogP contribution >= 0.6 is 0 Å². The second kappa shape index (κ2) is 6.27. The van der Waals surface area contributed by atoms with Gasteiger partial charge < -0.3 is 5.21 Å². The molecule has 16 heavy (non-hydrogen) atoms. The predicted molar refractivity (Wildman–Crippen MR) is 67.0 cm³/mol. The lowest BCUT2D eigenvalue weighted by atomic mass is 9.80. The maximum atomic E-state index is 9.18. The zero-order valence-electron chi connectivity index (χ0n) is 10.3. The third-order valence-electron chi connectivity index (χ3n) is 4.47. The van der Waals surface area contributed by atoms with E-state index in [9.17, 15) is 5.21 Å². The van der Waals surface area contributed by atoms with E-state index in [1.54, 1.807) is 0 Å². The molecule has 0 saturated heterocycles. The maximum absolute atomic E-state index is 9.18. The predicted octanol–water partition coefficient (Wildman–Crippen LogP) is 4.37. The maximum Gasteiger partial charge on any atom is 0.0604 e. The zero-order chi connectivity index (χ0) is 11.2. The molecule has 2 aliphatic rings. The number of rotatable bonds is 1. The number of hydrogen-bond donors (Lipinski definition) is 1. The highest BCUT2D eigenvalue weighted by Gasteiger charge is 2.28. The van der Waals surface area contributed by atoms with E-state index in [1.807, 2.05) is 0 Å². The van der Waals surface area contributed by atoms with E-state index >= 15 is 0 Å². The third-order valence-corrected chi connectivity index (χ3v) is 4.47. The Morgan fingerprint density at radius 2 is 1.44 bits per heavy atom. The van der Waals surface area contributed by atoms with Crippen LogP contribution in [0.25, 0.3) is 0 Å². The monoisotopic (exact) mass is 223 g/mol. The van der Waals surface area contributed by atoms with E-state index in [4.69, 9.17) is 0 Å². The van der Waals surface area contributed by atoms with Crippen LogP contribution in [0.4, 0.5) is 0 Å². The van der Waals surface area contributed by atoms with Gasteiger partial charge in [-0.15, -0.1) is 0 Å². The molecule has 2 saturated carbocycles. The fraction of sp³-hybridized carbons (Fsp3) is 0.929. The first-order chi connectivity index (χ1) is 7.92. The molecular formula is C14H25NO. The Labute approximate surface area is 99.1 Å². The van der Waals surface area contributed by atoms with Crippen molar-refractivity contribution in [3.63, 3.8) is 0 Å². The minimum atomic E-state index is 0.602. The van der Waals surface area contributed by atoms with Gasteiger partial charge in [-0.05, 0) is 38.0 Å². The highest BCUT2D eigenvalue weighted by atomic mass is 16.4. The van der Waals surface area contributed by atoms with Crippen molar-refractivity contribution in [1.29, 1.82) is 0 Å². The topological polar surface area (TPSA) is 32.6 Å². The molecule has 2 heteroatoms. The molecule has 0 radical (unpaired) electrons. The normalized spacial score (nSPS) is 32.2. The summed E-state index contributed by atoms with van der Waals surface area (Å²) in [6.45, 7) is 0. The molecular weight excluding hydrogens is 198 g/mol. The molecule has 92 valence electrons. The molecule has 0 bridgehead atoms. The molecule has 0 aromatic heterocycles. The van der Waals surface area contributed by atoms with Crippen LogP contribution in [0.3, 0.4) is 0 Å². The Balaban J connectivity index is 2.02. The Morgan fingerprint density at radius 3 is 2.12 bits per heavy atom. The van der Waals surface area contributed by atoms with E-state index in [2.05, 4.69) is 5.16 Å². The van der Waals surface area contributed by atoms with Gasteiger partial charge in [-0.1, -0.05) is 43.7 Å². The van der Waals surface area contributed by atoms with Crippen molar-refractivity contribution in [2.45, 2.75) is 70.6 Å². The van der Waals surface area contributed by atoms with E-state index in [-0.39, 0.29) is 0 Å². The molecule has 0 aromatic carbocycles. The molecule has 2 fully saturated rings. The van der Waals surface area contributed by atoms with Gasteiger partial charge in [-0.3, -0.25) is 0 Å². The summed E-state index contributed by atoms with van der Waals surface area (Å²) in [7, 11) is 0. The molecule has 0 aliphatic heterocycles. The van der Waals surface area contributed by atoms with Gasteiger partial charge in [-0.2, -0.15) is 0 Å². The minimum Gasteiger partial charge on any atom is -0.411 e. The van der Waals surface area contributed by atoms with Crippen LogP contribution in [-0.2, 0) is 0 Å². The van der Waals surface area contributed by atoms with Crippen molar-refractivity contribution in [1.82, 2.24) is 0 Å². The SMILES string of the molecule is O/N=C1\CCCCCC1C1CCCCCC1. The second-order valence-electron chi connectivity index (χ2n) is 5.55. The lowest BCUT2D eigenvalue weighted by molar-refractivity contribution is 0.297. The van der Waals surface area contributed by atoms with Gasteiger partial charge in [0, 0.05) is 5.92 Å². The molecule has 1 atom stereocenters. The third kappa shape index (κ3) is 2.99. The van der Waals surface area contributed by atoms with E-state index in [0.717, 1.165) is 18.1 Å². The highest BCUT2D eigenvalue weighted by Crippen LogP contribution is 2.35. The average Bonchev–Trinajstić information content (AvgIpc) is 2.70. The first-order valence-corrected chi connectivity index (χ1v) is 7.12. The molecule has 0 heterocycles. The smallest absolute Gasteiger partial charge is 0.0604 e. The van der Waals surface area contributed by atoms with Crippen molar-refractivity contribution >= 4 is 5.71 Å². The van der Waals surface area contributed by atoms with Gasteiger partial charge in [0.25, 0.3) is 0 Å². The standard InChI is InChI=1S/C14H25NO/c16-15-14-11-7-3-6-10-13(14)12-8-4-1-2-5-9-12/h12-13,16H,1-11H2/b15-14+. The van der Waals surface area contributed by atoms with Crippen LogP contribution in [0.5, 0.6) is 0 Å². The summed E-state index contributed by atoms with van der Waals surface area (Å²) in [6, 6.07) is 0. The van der Waals surface area contributed by atoms with Crippen LogP contribution in [0, 0.1) is 11.8 Å². The van der Waals surface area contributed by atoms with E-state index in [1.165, 1.54) is 64.2 Å². The van der Waals surface area contributed by atoms with E-state index in [0.29, 0.717) is 5.92 Å². The van der Waals surface area contributed by atoms with Crippen LogP contribution in [0.2, 0.25) is 0 Å². The van der Waals surface area contributed by atoms with Crippen LogP contribution < -0.4 is 0 Å². The highest BCUT2D eigenvalue weighted by molar-refractivity contribution is 5.86. The van der Waals surface area contributed by atoms with Gasteiger partial charge >= 0.3 is 0 Å². The van der Waals surface area contributed by atoms with Crippen LogP contribution in [0.1, 0.15) is 70.6 Å². The van der Waals surface area contributed by atoms with Gasteiger partial charge in [-0.25, -0.2) is 0 Å². The minimum absolute atomic E-state index is 0.602. The Bertz CT molecular complexity index is 229. The quantitative estimate of drug-likeness (QED) is 0.399. The number of nitrogens with zero attached hydrogens (tertiary/aromatic N) is 1. The Hall–Kier alpha value is -0.530. The van der Waals surface area contributed by atoms with Crippen LogP contribution in [0.15, 0.2) is 5.16 Å². The number of oxime groups is 1. The first kappa shape index (κ1) is 11.9. The number of hydrogen-bond acceptors (Lipinski definition) is 2. The van der Waals surface area contributed by atoms with Crippen molar-refractivity contribution in [3.05, 3.63) is 0 Å². The van der Waals surface area contributed by atoms with E-state index < -0.39 is 0 Å². The summed E-state index contributed by atoms with van der Waals surface area (Å²) >= 11 is 0. The molecule has 0 spiro atoms. The molecule has 1 unspecified atom stereocenters. The molecule has 0 amide bonds. The summed E-state index contributed by atoms with van der Waals surface area (Å²) in [5.74, 6) is 1.41. The Morgan fingerprint density at radius 1 is 0.812 bits per heavy atom. The molecule has 0 aromatic rings. The van der Waals surface area contributed by atoms with Crippen molar-refractivity contribution < 1.29 is 5.21 Å². The molecule has 2 aliphatic carbocycles. The lowest BCUT2D eigenvalue weighted by Gasteiger charge is -2.25. The average molecular weight is 223 g/mol. The van der Waals surface area contributed by atoms with Gasteiger partial charge in [0.1, 0.15) is 0 Å². The summed E-state index contributed by atoms with van der Waals surface area (Å²) in [5, 5.41) is 12.8. The first-order valence-electron chi connectivity index (χ1n) is 7.12. The zero-order valence-corrected chi connectivity index (χ0v) is 10.3. The molecule has 2 nitrogen and oxygen atoms in total. The van der Waals surface area contributed by atoms with Gasteiger partial charge in [0.05, 0.1) is 5.71 Å². The summed E-state index contributed by atoms with van der Waals surface area (Å²) in [4.78, 5) is 0. The fourth-order valence-corrected chi connectivity index (χ4v) is 3.54. The summed E-state index contributed by atoms with van der Waals surface area (Å²) in [5.41, 5.74) is 1.12. The molecule has 1 N–H and O–H groups in total. The summed E-state index contributed by atoms with van der Waals surface area (Å²) < 4.78 is 0. The van der Waals surface area contributed by atoms with Crippen molar-refractivity contribution in [2.24, 2.45) is 17.0 Å². The van der Waals surface area contributed by atoms with Crippen LogP contribution in [-0.4, -0.2) is 10.9 Å². The van der Waals surface area contributed by atoms with Crippen molar-refractivity contribution in [2.75, 3.05) is 0 Å². The van der Waals surface area contributed by atoms with Gasteiger partial charge in [0.15, 0.2) is 0 Å². The van der Waals surface area contributed by atoms with Crippen molar-refractivity contribution in [3.8, 4) is 0 Å². The largest absolute Gasteiger partial charge is 0.411 e. The molecule has 2 rings (SSSR count). The Kier molecular flexibility index (Phi) is 4.68.